The summed E-state index contributed by atoms with van der Waals surface area (Å²) >= 11 is 0. The fraction of sp³-hybridized carbons (Fsp3) is 0.250. The molecule has 0 atom stereocenters. The summed E-state index contributed by atoms with van der Waals surface area (Å²) in [7, 11) is 0. The number of nitriles is 1. The molecule has 0 aromatic carbocycles. The van der Waals surface area contributed by atoms with Gasteiger partial charge in [-0.2, -0.15) is 5.26 Å². The molecule has 5 heteroatoms. The van der Waals surface area contributed by atoms with E-state index in [-0.39, 0.29) is 17.7 Å². The first-order valence-electron chi connectivity index (χ1n) is 3.56. The Labute approximate surface area is 73.8 Å². The second-order valence-electron chi connectivity index (χ2n) is 2.38. The minimum absolute atomic E-state index is 0.0887. The first-order chi connectivity index (χ1) is 6.19. The van der Waals surface area contributed by atoms with Crippen LogP contribution in [0, 0.1) is 11.3 Å². The Morgan fingerprint density at radius 2 is 2.31 bits per heavy atom. The molecule has 1 aromatic rings. The fourth-order valence-electron chi connectivity index (χ4n) is 0.902. The molecule has 68 valence electrons. The molecule has 0 fully saturated rings. The Kier molecular flexibility index (Phi) is 2.88. The first-order valence-corrected chi connectivity index (χ1v) is 3.56. The molecule has 0 spiro atoms. The normalized spacial score (nSPS) is 10.1. The van der Waals surface area contributed by atoms with Crippen molar-refractivity contribution in [2.24, 2.45) is 5.73 Å². The number of hydrogen-bond donors (Lipinski definition) is 1. The molecule has 1 aromatic heterocycles. The molecule has 0 bridgehead atoms. The highest BCUT2D eigenvalue weighted by Gasteiger charge is 2.13. The summed E-state index contributed by atoms with van der Waals surface area (Å²) in [6, 6.07) is 2.80. The van der Waals surface area contributed by atoms with E-state index in [0.717, 1.165) is 12.3 Å². The van der Waals surface area contributed by atoms with Crippen LogP contribution in [0.2, 0.25) is 0 Å². The third kappa shape index (κ3) is 1.98. The van der Waals surface area contributed by atoms with E-state index < -0.39 is 6.43 Å². The second kappa shape index (κ2) is 3.92. The van der Waals surface area contributed by atoms with Crippen molar-refractivity contribution in [3.8, 4) is 6.07 Å². The molecule has 0 unspecified atom stereocenters. The number of alkyl halides is 2. The smallest absolute Gasteiger partial charge is 0.265 e. The monoisotopic (exact) mass is 183 g/mol. The van der Waals surface area contributed by atoms with Gasteiger partial charge in [0.25, 0.3) is 6.43 Å². The van der Waals surface area contributed by atoms with Crippen LogP contribution < -0.4 is 5.73 Å². The van der Waals surface area contributed by atoms with Crippen LogP contribution in [0.1, 0.15) is 23.2 Å². The zero-order valence-electron chi connectivity index (χ0n) is 6.67. The quantitative estimate of drug-likeness (QED) is 0.752. The van der Waals surface area contributed by atoms with E-state index in [9.17, 15) is 8.78 Å². The minimum Gasteiger partial charge on any atom is -0.325 e. The number of aromatic nitrogens is 1. The molecule has 2 N–H and O–H groups in total. The van der Waals surface area contributed by atoms with Crippen molar-refractivity contribution in [3.05, 3.63) is 29.1 Å². The summed E-state index contributed by atoms with van der Waals surface area (Å²) in [6.45, 7) is 0.0887. The predicted molar refractivity (Wildman–Crippen MR) is 41.8 cm³/mol. The van der Waals surface area contributed by atoms with Crippen molar-refractivity contribution < 1.29 is 8.78 Å². The van der Waals surface area contributed by atoms with Crippen LogP contribution in [-0.2, 0) is 6.54 Å². The Bertz CT molecular complexity index is 344. The first kappa shape index (κ1) is 9.55. The number of pyridine rings is 1. The van der Waals surface area contributed by atoms with E-state index in [1.807, 2.05) is 0 Å². The maximum atomic E-state index is 12.3. The van der Waals surface area contributed by atoms with Crippen LogP contribution in [0.25, 0.3) is 0 Å². The second-order valence-corrected chi connectivity index (χ2v) is 2.38. The number of nitrogens with zero attached hydrogens (tertiary/aromatic N) is 2. The summed E-state index contributed by atoms with van der Waals surface area (Å²) < 4.78 is 24.6. The van der Waals surface area contributed by atoms with Gasteiger partial charge in [0.15, 0.2) is 0 Å². The van der Waals surface area contributed by atoms with E-state index >= 15 is 0 Å². The molecule has 1 heterocycles. The van der Waals surface area contributed by atoms with Crippen molar-refractivity contribution in [2.45, 2.75) is 13.0 Å². The SMILES string of the molecule is N#Cc1cnc(CN)cc1C(F)F. The molecule has 0 aliphatic rings. The van der Waals surface area contributed by atoms with Crippen LogP contribution in [-0.4, -0.2) is 4.98 Å². The maximum Gasteiger partial charge on any atom is 0.265 e. The average Bonchev–Trinajstić information content (AvgIpc) is 2.16. The molecule has 0 saturated heterocycles. The van der Waals surface area contributed by atoms with Gasteiger partial charge in [-0.25, -0.2) is 8.78 Å². The van der Waals surface area contributed by atoms with Crippen LogP contribution >= 0.6 is 0 Å². The van der Waals surface area contributed by atoms with E-state index in [1.165, 1.54) is 0 Å². The molecule has 13 heavy (non-hydrogen) atoms. The van der Waals surface area contributed by atoms with Crippen LogP contribution in [0.4, 0.5) is 8.78 Å². The van der Waals surface area contributed by atoms with E-state index in [1.54, 1.807) is 6.07 Å². The average molecular weight is 183 g/mol. The largest absolute Gasteiger partial charge is 0.325 e. The van der Waals surface area contributed by atoms with Crippen molar-refractivity contribution in [1.29, 1.82) is 5.26 Å². The van der Waals surface area contributed by atoms with Crippen molar-refractivity contribution in [1.82, 2.24) is 4.98 Å². The van der Waals surface area contributed by atoms with Gasteiger partial charge >= 0.3 is 0 Å². The van der Waals surface area contributed by atoms with Crippen LogP contribution in [0.15, 0.2) is 12.3 Å². The van der Waals surface area contributed by atoms with Crippen LogP contribution in [0.5, 0.6) is 0 Å². The number of nitrogens with two attached hydrogens (primary N) is 1. The molecule has 0 saturated carbocycles. The van der Waals surface area contributed by atoms with Gasteiger partial charge in [0.1, 0.15) is 6.07 Å². The fourth-order valence-corrected chi connectivity index (χ4v) is 0.902. The van der Waals surface area contributed by atoms with E-state index in [2.05, 4.69) is 4.98 Å². The molecule has 0 aliphatic carbocycles. The zero-order chi connectivity index (χ0) is 9.84. The van der Waals surface area contributed by atoms with Crippen molar-refractivity contribution in [3.63, 3.8) is 0 Å². The highest BCUT2D eigenvalue weighted by Crippen LogP contribution is 2.22. The zero-order valence-corrected chi connectivity index (χ0v) is 6.67. The minimum atomic E-state index is -2.66. The highest BCUT2D eigenvalue weighted by molar-refractivity contribution is 5.37. The Hall–Kier alpha value is -1.54. The molecule has 1 rings (SSSR count). The lowest BCUT2D eigenvalue weighted by molar-refractivity contribution is 0.151. The van der Waals surface area contributed by atoms with Gasteiger partial charge in [-0.1, -0.05) is 0 Å². The van der Waals surface area contributed by atoms with Gasteiger partial charge < -0.3 is 5.73 Å². The van der Waals surface area contributed by atoms with Crippen molar-refractivity contribution >= 4 is 0 Å². The topological polar surface area (TPSA) is 62.7 Å². The lowest BCUT2D eigenvalue weighted by atomic mass is 10.1. The van der Waals surface area contributed by atoms with Crippen LogP contribution in [0.3, 0.4) is 0 Å². The van der Waals surface area contributed by atoms with Gasteiger partial charge in [0.05, 0.1) is 11.3 Å². The van der Waals surface area contributed by atoms with Crippen molar-refractivity contribution in [2.75, 3.05) is 0 Å². The van der Waals surface area contributed by atoms with Gasteiger partial charge in [0, 0.05) is 18.3 Å². The van der Waals surface area contributed by atoms with Gasteiger partial charge in [-0.15, -0.1) is 0 Å². The summed E-state index contributed by atoms with van der Waals surface area (Å²) in [5.74, 6) is 0. The number of hydrogen-bond acceptors (Lipinski definition) is 3. The number of halogens is 2. The van der Waals surface area contributed by atoms with Gasteiger partial charge in [-0.05, 0) is 6.07 Å². The predicted octanol–water partition coefficient (Wildman–Crippen LogP) is 1.35. The number of rotatable bonds is 2. The Morgan fingerprint density at radius 1 is 1.62 bits per heavy atom. The molecule has 3 nitrogen and oxygen atoms in total. The summed E-state index contributed by atoms with van der Waals surface area (Å²) in [5, 5.41) is 8.48. The highest BCUT2D eigenvalue weighted by atomic mass is 19.3. The maximum absolute atomic E-state index is 12.3. The van der Waals surface area contributed by atoms with Gasteiger partial charge in [-0.3, -0.25) is 4.98 Å². The Morgan fingerprint density at radius 3 is 2.77 bits per heavy atom. The Balaban J connectivity index is 3.20. The lowest BCUT2D eigenvalue weighted by Crippen LogP contribution is -2.02. The summed E-state index contributed by atoms with van der Waals surface area (Å²) in [6.07, 6.45) is -1.55. The molecular weight excluding hydrogens is 176 g/mol. The third-order valence-corrected chi connectivity index (χ3v) is 1.56. The lowest BCUT2D eigenvalue weighted by Gasteiger charge is -2.03. The summed E-state index contributed by atoms with van der Waals surface area (Å²) in [4.78, 5) is 3.73. The summed E-state index contributed by atoms with van der Waals surface area (Å²) in [5.41, 5.74) is 5.16. The molecule has 0 radical (unpaired) electrons. The third-order valence-electron chi connectivity index (χ3n) is 1.56. The molecular formula is C8H7F2N3. The van der Waals surface area contributed by atoms with E-state index in [4.69, 9.17) is 11.0 Å². The van der Waals surface area contributed by atoms with E-state index in [0.29, 0.717) is 5.69 Å². The standard InChI is InChI=1S/C8H7F2N3/c9-8(10)7-1-6(3-12)13-4-5(7)2-11/h1,4,8H,3,12H2. The molecule has 0 aliphatic heterocycles. The van der Waals surface area contributed by atoms with Gasteiger partial charge in [0.2, 0.25) is 0 Å². The molecule has 0 amide bonds.